The molecule has 0 aromatic heterocycles. The summed E-state index contributed by atoms with van der Waals surface area (Å²) in [6.07, 6.45) is 2.84. The van der Waals surface area contributed by atoms with Crippen molar-refractivity contribution in [3.63, 3.8) is 0 Å². The highest BCUT2D eigenvalue weighted by Crippen LogP contribution is 2.29. The van der Waals surface area contributed by atoms with Crippen molar-refractivity contribution in [1.82, 2.24) is 0 Å². The van der Waals surface area contributed by atoms with Crippen LogP contribution in [0.15, 0.2) is 27.6 Å². The zero-order chi connectivity index (χ0) is 12.3. The Bertz CT molecular complexity index is 378. The van der Waals surface area contributed by atoms with Gasteiger partial charge in [0, 0.05) is 27.8 Å². The lowest BCUT2D eigenvalue weighted by atomic mass is 10.1. The van der Waals surface area contributed by atoms with Gasteiger partial charge in [0.1, 0.15) is 0 Å². The van der Waals surface area contributed by atoms with E-state index in [2.05, 4.69) is 34.1 Å². The van der Waals surface area contributed by atoms with E-state index >= 15 is 0 Å². The molecule has 4 heteroatoms. The monoisotopic (exact) mass is 315 g/mol. The van der Waals surface area contributed by atoms with E-state index in [1.54, 1.807) is 0 Å². The van der Waals surface area contributed by atoms with E-state index in [1.165, 1.54) is 17.7 Å². The number of nitrogens with two attached hydrogens (primary N) is 1. The van der Waals surface area contributed by atoms with Crippen molar-refractivity contribution < 1.29 is 4.74 Å². The average molecular weight is 316 g/mol. The molecule has 1 aliphatic heterocycles. The molecule has 2 atom stereocenters. The number of hydrogen-bond donors (Lipinski definition) is 1. The van der Waals surface area contributed by atoms with Gasteiger partial charge < -0.3 is 10.5 Å². The molecular formula is C13H18BrNOS. The zero-order valence-corrected chi connectivity index (χ0v) is 12.4. The highest BCUT2D eigenvalue weighted by atomic mass is 79.9. The summed E-state index contributed by atoms with van der Waals surface area (Å²) in [7, 11) is 0. The molecule has 1 heterocycles. The maximum atomic E-state index is 5.88. The normalized spacial score (nSPS) is 21.7. The van der Waals surface area contributed by atoms with Crippen molar-refractivity contribution >= 4 is 27.7 Å². The molecule has 2 unspecified atom stereocenters. The number of halogens is 1. The predicted octanol–water partition coefficient (Wildman–Crippen LogP) is 3.74. The van der Waals surface area contributed by atoms with Gasteiger partial charge in [0.2, 0.25) is 0 Å². The molecule has 1 aromatic rings. The Kier molecular flexibility index (Phi) is 4.91. The minimum atomic E-state index is 0.0709. The van der Waals surface area contributed by atoms with Crippen molar-refractivity contribution in [2.45, 2.75) is 36.8 Å². The topological polar surface area (TPSA) is 35.2 Å². The standard InChI is InChI=1S/C13H18BrNOS/c1-9(15)12-5-4-11(7-13(12)14)17-8-10-3-2-6-16-10/h4-5,7,9-10H,2-3,6,8,15H2,1H3. The third-order valence-corrected chi connectivity index (χ3v) is 4.73. The van der Waals surface area contributed by atoms with Crippen LogP contribution in [-0.4, -0.2) is 18.5 Å². The number of hydrogen-bond acceptors (Lipinski definition) is 3. The van der Waals surface area contributed by atoms with E-state index in [1.807, 2.05) is 18.7 Å². The zero-order valence-electron chi connectivity index (χ0n) is 9.99. The number of rotatable bonds is 4. The molecule has 0 spiro atoms. The quantitative estimate of drug-likeness (QED) is 0.860. The van der Waals surface area contributed by atoms with E-state index < -0.39 is 0 Å². The van der Waals surface area contributed by atoms with E-state index in [0.29, 0.717) is 6.10 Å². The third kappa shape index (κ3) is 3.71. The van der Waals surface area contributed by atoms with Crippen LogP contribution >= 0.6 is 27.7 Å². The smallest absolute Gasteiger partial charge is 0.0669 e. The van der Waals surface area contributed by atoms with Gasteiger partial charge in [-0.25, -0.2) is 0 Å². The predicted molar refractivity (Wildman–Crippen MR) is 76.4 cm³/mol. The van der Waals surface area contributed by atoms with Gasteiger partial charge in [-0.1, -0.05) is 22.0 Å². The Balaban J connectivity index is 1.94. The molecule has 0 saturated carbocycles. The minimum absolute atomic E-state index is 0.0709. The molecule has 0 aliphatic carbocycles. The molecular weight excluding hydrogens is 298 g/mol. The van der Waals surface area contributed by atoms with Gasteiger partial charge in [-0.05, 0) is 37.5 Å². The van der Waals surface area contributed by atoms with Crippen molar-refractivity contribution in [3.05, 3.63) is 28.2 Å². The average Bonchev–Trinajstić information content (AvgIpc) is 2.78. The van der Waals surface area contributed by atoms with Crippen molar-refractivity contribution in [1.29, 1.82) is 0 Å². The minimum Gasteiger partial charge on any atom is -0.377 e. The molecule has 1 fully saturated rings. The second kappa shape index (κ2) is 6.23. The first-order chi connectivity index (χ1) is 8.16. The Hall–Kier alpha value is -0.0300. The summed E-state index contributed by atoms with van der Waals surface area (Å²) in [5, 5.41) is 0. The van der Waals surface area contributed by atoms with Crippen LogP contribution in [0.1, 0.15) is 31.4 Å². The molecule has 94 valence electrons. The molecule has 0 bridgehead atoms. The first-order valence-electron chi connectivity index (χ1n) is 5.96. The summed E-state index contributed by atoms with van der Waals surface area (Å²) in [6, 6.07) is 6.47. The second-order valence-electron chi connectivity index (χ2n) is 4.42. The van der Waals surface area contributed by atoms with E-state index in [4.69, 9.17) is 10.5 Å². The van der Waals surface area contributed by atoms with Crippen LogP contribution in [0.3, 0.4) is 0 Å². The molecule has 1 aromatic carbocycles. The van der Waals surface area contributed by atoms with Crippen LogP contribution in [0.5, 0.6) is 0 Å². The third-order valence-electron chi connectivity index (χ3n) is 2.92. The van der Waals surface area contributed by atoms with Crippen molar-refractivity contribution in [2.24, 2.45) is 5.73 Å². The Morgan fingerprint density at radius 3 is 3.00 bits per heavy atom. The largest absolute Gasteiger partial charge is 0.377 e. The molecule has 2 nitrogen and oxygen atoms in total. The Morgan fingerprint density at radius 1 is 1.59 bits per heavy atom. The summed E-state index contributed by atoms with van der Waals surface area (Å²) in [4.78, 5) is 1.27. The lowest BCUT2D eigenvalue weighted by molar-refractivity contribution is 0.129. The summed E-state index contributed by atoms with van der Waals surface area (Å²) in [6.45, 7) is 2.93. The summed E-state index contributed by atoms with van der Waals surface area (Å²) in [5.74, 6) is 1.05. The van der Waals surface area contributed by atoms with Crippen LogP contribution in [0.25, 0.3) is 0 Å². The van der Waals surface area contributed by atoms with Gasteiger partial charge >= 0.3 is 0 Å². The molecule has 2 rings (SSSR count). The van der Waals surface area contributed by atoms with E-state index in [0.717, 1.165) is 22.4 Å². The molecule has 17 heavy (non-hydrogen) atoms. The lowest BCUT2D eigenvalue weighted by Crippen LogP contribution is -2.08. The number of thioether (sulfide) groups is 1. The van der Waals surface area contributed by atoms with Crippen LogP contribution in [-0.2, 0) is 4.74 Å². The number of ether oxygens (including phenoxy) is 1. The summed E-state index contributed by atoms with van der Waals surface area (Å²) < 4.78 is 6.72. The summed E-state index contributed by atoms with van der Waals surface area (Å²) >= 11 is 5.43. The molecule has 0 amide bonds. The first-order valence-corrected chi connectivity index (χ1v) is 7.74. The second-order valence-corrected chi connectivity index (χ2v) is 6.37. The Morgan fingerprint density at radius 2 is 2.41 bits per heavy atom. The molecule has 1 aliphatic rings. The molecule has 2 N–H and O–H groups in total. The van der Waals surface area contributed by atoms with E-state index in [9.17, 15) is 0 Å². The van der Waals surface area contributed by atoms with Gasteiger partial charge in [0.05, 0.1) is 6.10 Å². The molecule has 1 saturated heterocycles. The van der Waals surface area contributed by atoms with Gasteiger partial charge in [-0.15, -0.1) is 11.8 Å². The highest BCUT2D eigenvalue weighted by molar-refractivity contribution is 9.10. The SMILES string of the molecule is CC(N)c1ccc(SCC2CCCO2)cc1Br. The van der Waals surface area contributed by atoms with Crippen LogP contribution in [0, 0.1) is 0 Å². The van der Waals surface area contributed by atoms with Gasteiger partial charge in [0.25, 0.3) is 0 Å². The highest BCUT2D eigenvalue weighted by Gasteiger charge is 2.15. The van der Waals surface area contributed by atoms with Crippen LogP contribution in [0.2, 0.25) is 0 Å². The fourth-order valence-corrected chi connectivity index (χ4v) is 3.83. The van der Waals surface area contributed by atoms with Crippen LogP contribution < -0.4 is 5.73 Å². The van der Waals surface area contributed by atoms with Crippen molar-refractivity contribution in [2.75, 3.05) is 12.4 Å². The number of benzene rings is 1. The van der Waals surface area contributed by atoms with E-state index in [-0.39, 0.29) is 6.04 Å². The summed E-state index contributed by atoms with van der Waals surface area (Å²) in [5.41, 5.74) is 7.04. The lowest BCUT2D eigenvalue weighted by Gasteiger charge is -2.12. The first kappa shape index (κ1) is 13.4. The van der Waals surface area contributed by atoms with Gasteiger partial charge in [0.15, 0.2) is 0 Å². The van der Waals surface area contributed by atoms with Gasteiger partial charge in [-0.3, -0.25) is 0 Å². The van der Waals surface area contributed by atoms with Gasteiger partial charge in [-0.2, -0.15) is 0 Å². The maximum Gasteiger partial charge on any atom is 0.0669 e. The van der Waals surface area contributed by atoms with Crippen molar-refractivity contribution in [3.8, 4) is 0 Å². The maximum absolute atomic E-state index is 5.88. The Labute approximate surface area is 115 Å². The fraction of sp³-hybridized carbons (Fsp3) is 0.538. The fourth-order valence-electron chi connectivity index (χ4n) is 1.93. The van der Waals surface area contributed by atoms with Crippen LogP contribution in [0.4, 0.5) is 0 Å². The molecule has 0 radical (unpaired) electrons.